The lowest BCUT2D eigenvalue weighted by atomic mass is 9.50. The summed E-state index contributed by atoms with van der Waals surface area (Å²) in [4.78, 5) is 26.0. The molecule has 2 N–H and O–H groups in total. The molecule has 1 saturated heterocycles. The summed E-state index contributed by atoms with van der Waals surface area (Å²) in [5, 5.41) is 8.31. The highest BCUT2D eigenvalue weighted by Crippen LogP contribution is 2.64. The summed E-state index contributed by atoms with van der Waals surface area (Å²) in [5.41, 5.74) is 0.844. The van der Waals surface area contributed by atoms with Crippen LogP contribution in [0.3, 0.4) is 0 Å². The molecule has 1 aliphatic heterocycles. The van der Waals surface area contributed by atoms with Crippen LogP contribution in [0.15, 0.2) is 29.3 Å². The zero-order valence-electron chi connectivity index (χ0n) is 19.7. The molecule has 4 aliphatic rings. The summed E-state index contributed by atoms with van der Waals surface area (Å²) in [6.45, 7) is 8.77. The molecule has 5 rings (SSSR count). The van der Waals surface area contributed by atoms with Crippen LogP contribution in [0, 0.1) is 28.6 Å². The first-order valence-corrected chi connectivity index (χ1v) is 13.0. The lowest BCUT2D eigenvalue weighted by Gasteiger charge is -2.56. The minimum absolute atomic E-state index is 0.0307. The van der Waals surface area contributed by atoms with Crippen LogP contribution >= 0.6 is 11.3 Å². The highest BCUT2D eigenvalue weighted by molar-refractivity contribution is 7.10. The summed E-state index contributed by atoms with van der Waals surface area (Å²) >= 11 is 1.65. The second-order valence-electron chi connectivity index (χ2n) is 11.4. The van der Waals surface area contributed by atoms with Gasteiger partial charge in [0.25, 0.3) is 0 Å². The van der Waals surface area contributed by atoms with E-state index in [2.05, 4.69) is 36.6 Å². The van der Waals surface area contributed by atoms with Gasteiger partial charge < -0.3 is 15.4 Å². The van der Waals surface area contributed by atoms with Crippen LogP contribution < -0.4 is 10.6 Å². The Hall–Kier alpha value is -1.82. The van der Waals surface area contributed by atoms with Gasteiger partial charge in [-0.3, -0.25) is 4.79 Å². The van der Waals surface area contributed by atoms with E-state index in [1.54, 1.807) is 11.3 Å². The summed E-state index contributed by atoms with van der Waals surface area (Å²) in [6.07, 6.45) is 8.87. The van der Waals surface area contributed by atoms with E-state index in [9.17, 15) is 9.59 Å². The van der Waals surface area contributed by atoms with Crippen molar-refractivity contribution in [3.8, 4) is 0 Å². The zero-order valence-corrected chi connectivity index (χ0v) is 20.5. The van der Waals surface area contributed by atoms with E-state index < -0.39 is 5.54 Å². The predicted molar refractivity (Wildman–Crippen MR) is 126 cm³/mol. The summed E-state index contributed by atoms with van der Waals surface area (Å²) in [6, 6.07) is 4.07. The Labute approximate surface area is 195 Å². The van der Waals surface area contributed by atoms with Crippen molar-refractivity contribution in [2.75, 3.05) is 0 Å². The van der Waals surface area contributed by atoms with Gasteiger partial charge in [-0.25, -0.2) is 4.79 Å². The molecule has 2 amide bonds. The second-order valence-corrected chi connectivity index (χ2v) is 12.4. The zero-order chi connectivity index (χ0) is 22.7. The normalized spacial score (nSPS) is 38.6. The number of ether oxygens (including phenoxy) is 1. The number of carbonyl (C=O) groups excluding carboxylic acids is 2. The van der Waals surface area contributed by atoms with Crippen molar-refractivity contribution in [1.82, 2.24) is 10.6 Å². The molecule has 1 aromatic rings. The summed E-state index contributed by atoms with van der Waals surface area (Å²) < 4.78 is 6.13. The lowest BCUT2D eigenvalue weighted by Crippen LogP contribution is -2.54. The molecule has 2 saturated carbocycles. The summed E-state index contributed by atoms with van der Waals surface area (Å²) in [7, 11) is 0. The molecule has 5 nitrogen and oxygen atoms in total. The first kappa shape index (κ1) is 22.0. The largest absolute Gasteiger partial charge is 0.446 e. The Balaban J connectivity index is 1.30. The molecule has 32 heavy (non-hydrogen) atoms. The van der Waals surface area contributed by atoms with Crippen LogP contribution in [0.1, 0.15) is 77.5 Å². The van der Waals surface area contributed by atoms with Crippen molar-refractivity contribution in [3.05, 3.63) is 34.2 Å². The van der Waals surface area contributed by atoms with E-state index in [1.807, 2.05) is 25.3 Å². The fourth-order valence-electron chi connectivity index (χ4n) is 7.45. The van der Waals surface area contributed by atoms with Gasteiger partial charge in [-0.05, 0) is 81.6 Å². The molecule has 3 aliphatic carbocycles. The van der Waals surface area contributed by atoms with E-state index in [-0.39, 0.29) is 28.9 Å². The van der Waals surface area contributed by atoms with Crippen LogP contribution in [0.2, 0.25) is 0 Å². The summed E-state index contributed by atoms with van der Waals surface area (Å²) in [5.74, 6) is 1.94. The van der Waals surface area contributed by atoms with E-state index >= 15 is 0 Å². The molecule has 174 valence electrons. The maximum Gasteiger partial charge on any atom is 0.408 e. The van der Waals surface area contributed by atoms with Crippen molar-refractivity contribution in [2.24, 2.45) is 28.6 Å². The minimum atomic E-state index is -0.438. The van der Waals surface area contributed by atoms with Gasteiger partial charge in [0.2, 0.25) is 5.91 Å². The van der Waals surface area contributed by atoms with Crippen LogP contribution in [0.5, 0.6) is 0 Å². The minimum Gasteiger partial charge on any atom is -0.446 e. The molecule has 0 bridgehead atoms. The number of alkyl carbamates (subject to hydrolysis) is 1. The third-order valence-corrected chi connectivity index (χ3v) is 10.5. The van der Waals surface area contributed by atoms with Gasteiger partial charge >= 0.3 is 6.09 Å². The van der Waals surface area contributed by atoms with Gasteiger partial charge in [-0.15, -0.1) is 11.3 Å². The van der Waals surface area contributed by atoms with E-state index in [0.29, 0.717) is 24.2 Å². The van der Waals surface area contributed by atoms with Crippen molar-refractivity contribution >= 4 is 23.3 Å². The number of hydrogen-bond acceptors (Lipinski definition) is 4. The Bertz CT molecular complexity index is 939. The van der Waals surface area contributed by atoms with E-state index in [1.165, 1.54) is 5.70 Å². The maximum absolute atomic E-state index is 12.9. The van der Waals surface area contributed by atoms with Crippen LogP contribution in [-0.2, 0) is 15.1 Å². The Morgan fingerprint density at radius 3 is 2.78 bits per heavy atom. The Morgan fingerprint density at radius 2 is 2.03 bits per heavy atom. The lowest BCUT2D eigenvalue weighted by molar-refractivity contribution is -0.125. The van der Waals surface area contributed by atoms with Crippen LogP contribution in [0.25, 0.3) is 0 Å². The number of allylic oxidation sites excluding steroid dienone is 2. The van der Waals surface area contributed by atoms with E-state index in [4.69, 9.17) is 4.74 Å². The smallest absolute Gasteiger partial charge is 0.408 e. The number of hydrogen-bond donors (Lipinski definition) is 2. The molecular weight excluding hydrogens is 420 g/mol. The number of carbonyl (C=O) groups is 2. The quantitative estimate of drug-likeness (QED) is 0.611. The molecule has 3 fully saturated rings. The highest BCUT2D eigenvalue weighted by Gasteiger charge is 2.60. The topological polar surface area (TPSA) is 67.4 Å². The number of rotatable bonds is 3. The number of amides is 2. The predicted octanol–water partition coefficient (Wildman–Crippen LogP) is 5.72. The fourth-order valence-corrected chi connectivity index (χ4v) is 8.26. The number of thiophene rings is 1. The number of piperidine rings is 1. The van der Waals surface area contributed by atoms with Crippen molar-refractivity contribution in [1.29, 1.82) is 0 Å². The van der Waals surface area contributed by atoms with Gasteiger partial charge in [-0.2, -0.15) is 0 Å². The number of fused-ring (bicyclic) bond motifs is 5. The highest BCUT2D eigenvalue weighted by atomic mass is 32.1. The van der Waals surface area contributed by atoms with Gasteiger partial charge in [0.05, 0.1) is 5.54 Å². The molecule has 0 radical (unpaired) electrons. The molecule has 6 atom stereocenters. The molecule has 0 unspecified atom stereocenters. The van der Waals surface area contributed by atoms with Gasteiger partial charge in [0.1, 0.15) is 6.10 Å². The SMILES string of the molecule is CC(C)(NC(=O)O[C@H]1CC[C@H]2[C@@H]3CC=C4NC(=O)CC[C@]4(C)[C@H]3CC[C@]12C)c1cccs1. The van der Waals surface area contributed by atoms with Gasteiger partial charge in [0, 0.05) is 27.8 Å². The average molecular weight is 457 g/mol. The maximum atomic E-state index is 12.9. The standard InChI is InChI=1S/C26H36N2O3S/c1-24(2,21-6-5-15-32-21)28-23(30)31-20-10-8-17-16-7-9-19-25(3,14-12-22(29)27-19)18(16)11-13-26(17,20)4/h5-6,9,15-18,20H,7-8,10-14H2,1-4H3,(H,27,29)(H,28,30)/t16-,17-,18-,20-,25+,26-/m0/s1. The van der Waals surface area contributed by atoms with Crippen LogP contribution in [-0.4, -0.2) is 18.1 Å². The molecule has 1 aromatic heterocycles. The average Bonchev–Trinajstić information content (AvgIpc) is 3.37. The molecule has 0 aromatic carbocycles. The second kappa shape index (κ2) is 7.61. The Kier molecular flexibility index (Phi) is 5.23. The molecule has 2 heterocycles. The third kappa shape index (κ3) is 3.41. The van der Waals surface area contributed by atoms with E-state index in [0.717, 1.165) is 43.4 Å². The van der Waals surface area contributed by atoms with Crippen molar-refractivity contribution in [3.63, 3.8) is 0 Å². The van der Waals surface area contributed by atoms with Gasteiger partial charge in [-0.1, -0.05) is 26.0 Å². The Morgan fingerprint density at radius 1 is 1.22 bits per heavy atom. The monoisotopic (exact) mass is 456 g/mol. The van der Waals surface area contributed by atoms with Crippen LogP contribution in [0.4, 0.5) is 4.79 Å². The van der Waals surface area contributed by atoms with Crippen molar-refractivity contribution < 1.29 is 14.3 Å². The first-order chi connectivity index (χ1) is 15.1. The first-order valence-electron chi connectivity index (χ1n) is 12.2. The molecule has 6 heteroatoms. The van der Waals surface area contributed by atoms with Crippen molar-refractivity contribution in [2.45, 2.75) is 84.3 Å². The molecule has 0 spiro atoms. The third-order valence-electron chi connectivity index (χ3n) is 9.32. The number of nitrogens with one attached hydrogen (secondary N) is 2. The fraction of sp³-hybridized carbons (Fsp3) is 0.692. The van der Waals surface area contributed by atoms with Gasteiger partial charge in [0.15, 0.2) is 0 Å². The molecular formula is C26H36N2O3S.